The molecule has 0 unspecified atom stereocenters. The molecule has 1 saturated carbocycles. The lowest BCUT2D eigenvalue weighted by Gasteiger charge is -2.22. The van der Waals surface area contributed by atoms with E-state index >= 15 is 0 Å². The van der Waals surface area contributed by atoms with E-state index in [4.69, 9.17) is 4.74 Å². The van der Waals surface area contributed by atoms with Crippen LogP contribution in [0.2, 0.25) is 0 Å². The SMILES string of the molecule is C=C(OC)C(=O)NC1CCCCC1. The average molecular weight is 183 g/mol. The third-order valence-electron chi connectivity index (χ3n) is 2.44. The van der Waals surface area contributed by atoms with Crippen LogP contribution in [0.1, 0.15) is 32.1 Å². The Morgan fingerprint density at radius 2 is 2.00 bits per heavy atom. The van der Waals surface area contributed by atoms with Crippen LogP contribution in [0.15, 0.2) is 12.3 Å². The van der Waals surface area contributed by atoms with E-state index in [0.717, 1.165) is 12.8 Å². The second-order valence-electron chi connectivity index (χ2n) is 3.44. The molecule has 1 fully saturated rings. The van der Waals surface area contributed by atoms with Gasteiger partial charge in [0.05, 0.1) is 7.11 Å². The molecule has 0 aromatic heterocycles. The summed E-state index contributed by atoms with van der Waals surface area (Å²) < 4.78 is 4.75. The summed E-state index contributed by atoms with van der Waals surface area (Å²) in [6, 6.07) is 0.327. The molecule has 0 aromatic rings. The topological polar surface area (TPSA) is 38.3 Å². The van der Waals surface area contributed by atoms with Crippen LogP contribution in [0.25, 0.3) is 0 Å². The highest BCUT2D eigenvalue weighted by molar-refractivity contribution is 5.90. The minimum absolute atomic E-state index is 0.172. The van der Waals surface area contributed by atoms with Gasteiger partial charge in [-0.1, -0.05) is 25.8 Å². The number of nitrogens with one attached hydrogen (secondary N) is 1. The largest absolute Gasteiger partial charge is 0.492 e. The van der Waals surface area contributed by atoms with Gasteiger partial charge in [0.2, 0.25) is 0 Å². The van der Waals surface area contributed by atoms with Gasteiger partial charge in [0.15, 0.2) is 5.76 Å². The number of hydrogen-bond acceptors (Lipinski definition) is 2. The molecule has 1 N–H and O–H groups in total. The molecule has 0 atom stereocenters. The Morgan fingerprint density at radius 3 is 2.54 bits per heavy atom. The fourth-order valence-electron chi connectivity index (χ4n) is 1.61. The van der Waals surface area contributed by atoms with Crippen LogP contribution < -0.4 is 5.32 Å². The zero-order chi connectivity index (χ0) is 9.68. The van der Waals surface area contributed by atoms with Gasteiger partial charge >= 0.3 is 0 Å². The molecule has 0 aliphatic heterocycles. The van der Waals surface area contributed by atoms with E-state index in [1.807, 2.05) is 0 Å². The summed E-state index contributed by atoms with van der Waals surface area (Å²) in [6.07, 6.45) is 5.89. The first-order chi connectivity index (χ1) is 6.24. The lowest BCUT2D eigenvalue weighted by Crippen LogP contribution is -2.37. The van der Waals surface area contributed by atoms with E-state index < -0.39 is 0 Å². The third-order valence-corrected chi connectivity index (χ3v) is 2.44. The maximum Gasteiger partial charge on any atom is 0.285 e. The normalized spacial score (nSPS) is 17.9. The molecule has 3 heteroatoms. The maximum absolute atomic E-state index is 11.3. The molecule has 0 saturated heterocycles. The summed E-state index contributed by atoms with van der Waals surface area (Å²) in [4.78, 5) is 11.3. The molecule has 74 valence electrons. The van der Waals surface area contributed by atoms with E-state index in [-0.39, 0.29) is 11.7 Å². The van der Waals surface area contributed by atoms with Gasteiger partial charge in [-0.15, -0.1) is 0 Å². The molecule has 0 spiro atoms. The molecule has 1 aliphatic carbocycles. The van der Waals surface area contributed by atoms with E-state index in [1.54, 1.807) is 0 Å². The van der Waals surface area contributed by atoms with Crippen molar-refractivity contribution in [1.29, 1.82) is 0 Å². The summed E-state index contributed by atoms with van der Waals surface area (Å²) >= 11 is 0. The lowest BCUT2D eigenvalue weighted by atomic mass is 9.95. The van der Waals surface area contributed by atoms with E-state index in [9.17, 15) is 4.79 Å². The fourth-order valence-corrected chi connectivity index (χ4v) is 1.61. The van der Waals surface area contributed by atoms with Gasteiger partial charge < -0.3 is 10.1 Å². The molecule has 0 heterocycles. The van der Waals surface area contributed by atoms with Crippen molar-refractivity contribution in [2.45, 2.75) is 38.1 Å². The first-order valence-electron chi connectivity index (χ1n) is 4.78. The molecular weight excluding hydrogens is 166 g/mol. The molecule has 1 aliphatic rings. The van der Waals surface area contributed by atoms with Crippen LogP contribution in [0.5, 0.6) is 0 Å². The minimum atomic E-state index is -0.172. The van der Waals surface area contributed by atoms with Crippen molar-refractivity contribution >= 4 is 5.91 Å². The molecular formula is C10H17NO2. The highest BCUT2D eigenvalue weighted by Crippen LogP contribution is 2.17. The zero-order valence-corrected chi connectivity index (χ0v) is 8.14. The van der Waals surface area contributed by atoms with E-state index in [1.165, 1.54) is 26.4 Å². The Labute approximate surface area is 79.2 Å². The van der Waals surface area contributed by atoms with E-state index in [0.29, 0.717) is 6.04 Å². The lowest BCUT2D eigenvalue weighted by molar-refractivity contribution is -0.121. The second kappa shape index (κ2) is 4.90. The van der Waals surface area contributed by atoms with Crippen LogP contribution in [-0.2, 0) is 9.53 Å². The summed E-state index contributed by atoms with van der Waals surface area (Å²) in [5, 5.41) is 2.91. The maximum atomic E-state index is 11.3. The molecule has 1 rings (SSSR count). The molecule has 0 bridgehead atoms. The first-order valence-corrected chi connectivity index (χ1v) is 4.78. The smallest absolute Gasteiger partial charge is 0.285 e. The number of carbonyl (C=O) groups is 1. The number of methoxy groups -OCH3 is 1. The summed E-state index contributed by atoms with van der Waals surface area (Å²) in [7, 11) is 1.46. The quantitative estimate of drug-likeness (QED) is 0.533. The van der Waals surface area contributed by atoms with Crippen LogP contribution >= 0.6 is 0 Å². The predicted molar refractivity (Wildman–Crippen MR) is 51.2 cm³/mol. The average Bonchev–Trinajstić information content (AvgIpc) is 2.18. The van der Waals surface area contributed by atoms with Crippen molar-refractivity contribution in [2.75, 3.05) is 7.11 Å². The van der Waals surface area contributed by atoms with Crippen LogP contribution in [0, 0.1) is 0 Å². The molecule has 3 nitrogen and oxygen atoms in total. The number of hydrogen-bond donors (Lipinski definition) is 1. The van der Waals surface area contributed by atoms with Gasteiger partial charge in [-0.05, 0) is 12.8 Å². The second-order valence-corrected chi connectivity index (χ2v) is 3.44. The van der Waals surface area contributed by atoms with Gasteiger partial charge in [0, 0.05) is 6.04 Å². The van der Waals surface area contributed by atoms with Gasteiger partial charge in [-0.2, -0.15) is 0 Å². The van der Waals surface area contributed by atoms with Crippen molar-refractivity contribution in [3.05, 3.63) is 12.3 Å². The van der Waals surface area contributed by atoms with Crippen LogP contribution in [0.3, 0.4) is 0 Å². The Morgan fingerprint density at radius 1 is 1.38 bits per heavy atom. The van der Waals surface area contributed by atoms with E-state index in [2.05, 4.69) is 11.9 Å². The molecule has 1 amide bonds. The monoisotopic (exact) mass is 183 g/mol. The van der Waals surface area contributed by atoms with Crippen molar-refractivity contribution < 1.29 is 9.53 Å². The summed E-state index contributed by atoms with van der Waals surface area (Å²) in [5.74, 6) is 0.0278. The Kier molecular flexibility index (Phi) is 3.80. The Balaban J connectivity index is 2.30. The number of amides is 1. The standard InChI is InChI=1S/C10H17NO2/c1-8(13-2)10(12)11-9-6-4-3-5-7-9/h9H,1,3-7H2,2H3,(H,11,12). The van der Waals surface area contributed by atoms with Crippen molar-refractivity contribution in [1.82, 2.24) is 5.32 Å². The van der Waals surface area contributed by atoms with Crippen molar-refractivity contribution in [2.24, 2.45) is 0 Å². The van der Waals surface area contributed by atoms with Gasteiger partial charge in [-0.25, -0.2) is 0 Å². The van der Waals surface area contributed by atoms with Gasteiger partial charge in [0.25, 0.3) is 5.91 Å². The zero-order valence-electron chi connectivity index (χ0n) is 8.14. The number of ether oxygens (including phenoxy) is 1. The molecule has 0 aromatic carbocycles. The third kappa shape index (κ3) is 3.09. The number of rotatable bonds is 3. The summed E-state index contributed by atoms with van der Waals surface area (Å²) in [5.41, 5.74) is 0. The predicted octanol–water partition coefficient (Wildman–Crippen LogP) is 1.60. The Hall–Kier alpha value is -0.990. The first kappa shape index (κ1) is 10.1. The van der Waals surface area contributed by atoms with Gasteiger partial charge in [-0.3, -0.25) is 4.79 Å². The van der Waals surface area contributed by atoms with Crippen LogP contribution in [0.4, 0.5) is 0 Å². The molecule has 0 radical (unpaired) electrons. The Bertz CT molecular complexity index is 195. The fraction of sp³-hybridized carbons (Fsp3) is 0.700. The minimum Gasteiger partial charge on any atom is -0.492 e. The number of carbonyl (C=O) groups excluding carboxylic acids is 1. The van der Waals surface area contributed by atoms with Gasteiger partial charge in [0.1, 0.15) is 0 Å². The van der Waals surface area contributed by atoms with Crippen LogP contribution in [-0.4, -0.2) is 19.1 Å². The van der Waals surface area contributed by atoms with Crippen molar-refractivity contribution in [3.8, 4) is 0 Å². The van der Waals surface area contributed by atoms with Crippen molar-refractivity contribution in [3.63, 3.8) is 0 Å². The highest BCUT2D eigenvalue weighted by Gasteiger charge is 2.16. The summed E-state index contributed by atoms with van der Waals surface area (Å²) in [6.45, 7) is 3.50. The highest BCUT2D eigenvalue weighted by atomic mass is 16.5. The molecule has 13 heavy (non-hydrogen) atoms.